The summed E-state index contributed by atoms with van der Waals surface area (Å²) < 4.78 is 5.07. The summed E-state index contributed by atoms with van der Waals surface area (Å²) in [6, 6.07) is 0. The van der Waals surface area contributed by atoms with Crippen LogP contribution >= 0.6 is 0 Å². The molecule has 0 aromatic rings. The first-order valence-electron chi connectivity index (χ1n) is 5.75. The molecule has 0 fully saturated rings. The molecule has 0 radical (unpaired) electrons. The number of nitrogens with one attached hydrogen (secondary N) is 1. The lowest BCUT2D eigenvalue weighted by atomic mass is 10.3. The molecule has 0 atom stereocenters. The molecule has 0 spiro atoms. The fourth-order valence-electron chi connectivity index (χ4n) is 1.44. The first kappa shape index (κ1) is 15.3. The summed E-state index contributed by atoms with van der Waals surface area (Å²) in [6.45, 7) is 4.63. The Balaban J connectivity index is 3.75. The third kappa shape index (κ3) is 9.89. The summed E-state index contributed by atoms with van der Waals surface area (Å²) in [5, 5.41) is 7.22. The number of hydrogen-bond donors (Lipinski definition) is 2. The molecule has 0 aliphatic heterocycles. The predicted octanol–water partition coefficient (Wildman–Crippen LogP) is 0.213. The Labute approximate surface area is 99.0 Å². The van der Waals surface area contributed by atoms with Gasteiger partial charge in [0, 0.05) is 26.6 Å². The largest absolute Gasteiger partial charge is 0.388 e. The molecular formula is C11H26N4O. The van der Waals surface area contributed by atoms with Crippen molar-refractivity contribution in [2.24, 2.45) is 5.73 Å². The van der Waals surface area contributed by atoms with Crippen molar-refractivity contribution < 1.29 is 4.74 Å². The Morgan fingerprint density at radius 1 is 1.19 bits per heavy atom. The van der Waals surface area contributed by atoms with Gasteiger partial charge in [-0.2, -0.15) is 0 Å². The monoisotopic (exact) mass is 230 g/mol. The van der Waals surface area contributed by atoms with Crippen molar-refractivity contribution >= 4 is 5.84 Å². The average Bonchev–Trinajstić information content (AvgIpc) is 2.20. The number of ether oxygens (including phenoxy) is 1. The van der Waals surface area contributed by atoms with Gasteiger partial charge in [-0.1, -0.05) is 0 Å². The van der Waals surface area contributed by atoms with Crippen molar-refractivity contribution in [2.45, 2.75) is 12.8 Å². The van der Waals surface area contributed by atoms with Gasteiger partial charge in [-0.15, -0.1) is 0 Å². The Morgan fingerprint density at radius 2 is 1.88 bits per heavy atom. The highest BCUT2D eigenvalue weighted by molar-refractivity contribution is 5.76. The quantitative estimate of drug-likeness (QED) is 0.416. The molecule has 0 saturated heterocycles. The van der Waals surface area contributed by atoms with Gasteiger partial charge in [0.15, 0.2) is 0 Å². The highest BCUT2D eigenvalue weighted by atomic mass is 16.5. The van der Waals surface area contributed by atoms with E-state index in [0.29, 0.717) is 6.42 Å². The van der Waals surface area contributed by atoms with Crippen LogP contribution in [0.3, 0.4) is 0 Å². The maximum absolute atomic E-state index is 7.22. The van der Waals surface area contributed by atoms with Crippen LogP contribution in [0, 0.1) is 5.41 Å². The molecule has 5 nitrogen and oxygen atoms in total. The van der Waals surface area contributed by atoms with E-state index in [4.69, 9.17) is 15.9 Å². The van der Waals surface area contributed by atoms with Gasteiger partial charge in [0.2, 0.25) is 0 Å². The topological polar surface area (TPSA) is 65.6 Å². The van der Waals surface area contributed by atoms with E-state index in [1.54, 1.807) is 7.11 Å². The summed E-state index contributed by atoms with van der Waals surface area (Å²) in [4.78, 5) is 4.48. The molecule has 0 amide bonds. The number of rotatable bonds is 10. The number of nitrogens with zero attached hydrogens (tertiary/aromatic N) is 2. The fourth-order valence-corrected chi connectivity index (χ4v) is 1.44. The molecule has 16 heavy (non-hydrogen) atoms. The van der Waals surface area contributed by atoms with E-state index in [2.05, 4.69) is 23.9 Å². The summed E-state index contributed by atoms with van der Waals surface area (Å²) in [6.07, 6.45) is 1.78. The number of nitrogens with two attached hydrogens (primary N) is 1. The van der Waals surface area contributed by atoms with Crippen molar-refractivity contribution in [3.63, 3.8) is 0 Å². The molecule has 3 N–H and O–H groups in total. The minimum atomic E-state index is 0.259. The van der Waals surface area contributed by atoms with Crippen LogP contribution in [-0.4, -0.2) is 69.6 Å². The summed E-state index contributed by atoms with van der Waals surface area (Å²) in [5.74, 6) is 0.259. The molecule has 0 aromatic carbocycles. The van der Waals surface area contributed by atoms with Gasteiger partial charge in [-0.05, 0) is 33.6 Å². The molecular weight excluding hydrogens is 204 g/mol. The van der Waals surface area contributed by atoms with Gasteiger partial charge in [-0.3, -0.25) is 5.41 Å². The van der Waals surface area contributed by atoms with Crippen molar-refractivity contribution in [1.29, 1.82) is 5.41 Å². The van der Waals surface area contributed by atoms with E-state index in [-0.39, 0.29) is 5.84 Å². The van der Waals surface area contributed by atoms with Crippen LogP contribution in [0.5, 0.6) is 0 Å². The van der Waals surface area contributed by atoms with Crippen LogP contribution in [0.25, 0.3) is 0 Å². The van der Waals surface area contributed by atoms with E-state index in [1.165, 1.54) is 0 Å². The van der Waals surface area contributed by atoms with E-state index < -0.39 is 0 Å². The standard InChI is InChI=1S/C11H26N4O/c1-14(2)6-4-7-15(9-10-16-3)8-5-11(12)13/h4-10H2,1-3H3,(H3,12,13). The van der Waals surface area contributed by atoms with Gasteiger partial charge in [0.1, 0.15) is 0 Å². The van der Waals surface area contributed by atoms with Crippen molar-refractivity contribution in [1.82, 2.24) is 9.80 Å². The minimum absolute atomic E-state index is 0.259. The van der Waals surface area contributed by atoms with Crippen molar-refractivity contribution in [2.75, 3.05) is 54.0 Å². The molecule has 0 aromatic heterocycles. The lowest BCUT2D eigenvalue weighted by molar-refractivity contribution is 0.146. The molecule has 0 unspecified atom stereocenters. The highest BCUT2D eigenvalue weighted by Gasteiger charge is 2.05. The maximum Gasteiger partial charge on any atom is 0.0918 e. The second-order valence-electron chi connectivity index (χ2n) is 4.27. The molecule has 0 aliphatic rings. The fraction of sp³-hybridized carbons (Fsp3) is 0.909. The third-order valence-electron chi connectivity index (χ3n) is 2.39. The molecule has 0 heterocycles. The lowest BCUT2D eigenvalue weighted by Crippen LogP contribution is -2.33. The van der Waals surface area contributed by atoms with Crippen LogP contribution in [0.15, 0.2) is 0 Å². The van der Waals surface area contributed by atoms with Gasteiger partial charge >= 0.3 is 0 Å². The predicted molar refractivity (Wildman–Crippen MR) is 68.0 cm³/mol. The van der Waals surface area contributed by atoms with Gasteiger partial charge in [-0.25, -0.2) is 0 Å². The van der Waals surface area contributed by atoms with E-state index in [1.807, 2.05) is 0 Å². The van der Waals surface area contributed by atoms with Crippen molar-refractivity contribution in [3.05, 3.63) is 0 Å². The molecule has 96 valence electrons. The zero-order valence-electron chi connectivity index (χ0n) is 10.8. The highest BCUT2D eigenvalue weighted by Crippen LogP contribution is 1.95. The molecule has 5 heteroatoms. The van der Waals surface area contributed by atoms with Crippen LogP contribution in [0.2, 0.25) is 0 Å². The molecule has 0 saturated carbocycles. The minimum Gasteiger partial charge on any atom is -0.388 e. The van der Waals surface area contributed by atoms with Crippen LogP contribution in [0.4, 0.5) is 0 Å². The van der Waals surface area contributed by atoms with Gasteiger partial charge < -0.3 is 20.3 Å². The number of methoxy groups -OCH3 is 1. The SMILES string of the molecule is COCCN(CCCN(C)C)CCC(=N)N. The third-order valence-corrected chi connectivity index (χ3v) is 2.39. The normalized spacial score (nSPS) is 11.3. The smallest absolute Gasteiger partial charge is 0.0918 e. The Hall–Kier alpha value is -0.650. The second-order valence-corrected chi connectivity index (χ2v) is 4.27. The van der Waals surface area contributed by atoms with Gasteiger partial charge in [0.25, 0.3) is 0 Å². The molecule has 0 aliphatic carbocycles. The number of amidine groups is 1. The van der Waals surface area contributed by atoms with E-state index in [9.17, 15) is 0 Å². The maximum atomic E-state index is 7.22. The van der Waals surface area contributed by atoms with Crippen molar-refractivity contribution in [3.8, 4) is 0 Å². The molecule has 0 bridgehead atoms. The first-order valence-corrected chi connectivity index (χ1v) is 5.75. The van der Waals surface area contributed by atoms with Crippen LogP contribution in [0.1, 0.15) is 12.8 Å². The average molecular weight is 230 g/mol. The second kappa shape index (κ2) is 9.57. The summed E-state index contributed by atoms with van der Waals surface area (Å²) >= 11 is 0. The van der Waals surface area contributed by atoms with Crippen LogP contribution < -0.4 is 5.73 Å². The Morgan fingerprint density at radius 3 is 2.38 bits per heavy atom. The Bertz CT molecular complexity index is 185. The van der Waals surface area contributed by atoms with E-state index >= 15 is 0 Å². The summed E-state index contributed by atoms with van der Waals surface area (Å²) in [5.41, 5.74) is 5.36. The molecule has 0 rings (SSSR count). The summed E-state index contributed by atoms with van der Waals surface area (Å²) in [7, 11) is 5.87. The number of hydrogen-bond acceptors (Lipinski definition) is 4. The van der Waals surface area contributed by atoms with Gasteiger partial charge in [0.05, 0.1) is 12.4 Å². The first-order chi connectivity index (χ1) is 7.56. The van der Waals surface area contributed by atoms with E-state index in [0.717, 1.165) is 39.2 Å². The zero-order valence-corrected chi connectivity index (χ0v) is 10.8. The lowest BCUT2D eigenvalue weighted by Gasteiger charge is -2.22. The zero-order chi connectivity index (χ0) is 12.4. The Kier molecular flexibility index (Phi) is 9.18. The van der Waals surface area contributed by atoms with Crippen LogP contribution in [-0.2, 0) is 4.74 Å².